The van der Waals surface area contributed by atoms with Crippen LogP contribution < -0.4 is 10.6 Å². The van der Waals surface area contributed by atoms with Gasteiger partial charge in [0.25, 0.3) is 11.8 Å². The van der Waals surface area contributed by atoms with Gasteiger partial charge in [-0.2, -0.15) is 23.4 Å². The predicted molar refractivity (Wildman–Crippen MR) is 192 cm³/mol. The minimum absolute atomic E-state index is 0.0701. The second kappa shape index (κ2) is 13.9. The van der Waals surface area contributed by atoms with Crippen LogP contribution in [0, 0.1) is 0 Å². The number of aliphatic hydroxyl groups is 1. The molecule has 0 aliphatic heterocycles. The highest BCUT2D eigenvalue weighted by atomic mass is 19.4. The molecule has 15 heteroatoms. The molecule has 4 aromatic heterocycles. The largest absolute Gasteiger partial charge is 0.472 e. The molecule has 12 nitrogen and oxygen atoms in total. The van der Waals surface area contributed by atoms with Crippen molar-refractivity contribution in [1.82, 2.24) is 24.7 Å². The van der Waals surface area contributed by atoms with E-state index in [1.54, 1.807) is 45.8 Å². The molecule has 3 N–H and O–H groups in total. The van der Waals surface area contributed by atoms with Crippen molar-refractivity contribution in [2.75, 3.05) is 10.6 Å². The molecule has 0 fully saturated rings. The Morgan fingerprint density at radius 2 is 1.35 bits per heavy atom. The molecular formula is C39H28F3N7O5. The lowest BCUT2D eigenvalue weighted by molar-refractivity contribution is -0.137. The lowest BCUT2D eigenvalue weighted by Crippen LogP contribution is -2.12. The van der Waals surface area contributed by atoms with Crippen molar-refractivity contribution in [3.05, 3.63) is 149 Å². The van der Waals surface area contributed by atoms with Gasteiger partial charge < -0.3 is 24.7 Å². The second-order valence-corrected chi connectivity index (χ2v) is 12.4. The van der Waals surface area contributed by atoms with Crippen LogP contribution in [-0.4, -0.2) is 41.6 Å². The predicted octanol–water partition coefficient (Wildman–Crippen LogP) is 7.75. The average Bonchev–Trinajstić information content (AvgIpc) is 4.00. The quantitative estimate of drug-likeness (QED) is 0.129. The van der Waals surface area contributed by atoms with E-state index in [1.807, 2.05) is 30.3 Å². The topological polar surface area (TPSA) is 153 Å². The van der Waals surface area contributed by atoms with E-state index < -0.39 is 23.6 Å². The third kappa shape index (κ3) is 6.82. The molecule has 0 spiro atoms. The van der Waals surface area contributed by atoms with Crippen LogP contribution in [0.1, 0.15) is 43.2 Å². The first-order chi connectivity index (χ1) is 26.1. The highest BCUT2D eigenvalue weighted by Crippen LogP contribution is 2.32. The number of amides is 2. The van der Waals surface area contributed by atoms with Gasteiger partial charge in [-0.15, -0.1) is 0 Å². The average molecular weight is 732 g/mol. The number of hydrogen-bond donors (Lipinski definition) is 3. The van der Waals surface area contributed by atoms with Crippen molar-refractivity contribution in [3.63, 3.8) is 0 Å². The molecular weight excluding hydrogens is 703 g/mol. The molecule has 8 aromatic rings. The second-order valence-electron chi connectivity index (χ2n) is 12.4. The van der Waals surface area contributed by atoms with Crippen LogP contribution >= 0.6 is 0 Å². The van der Waals surface area contributed by atoms with E-state index in [0.29, 0.717) is 56.6 Å². The zero-order valence-corrected chi connectivity index (χ0v) is 28.0. The van der Waals surface area contributed by atoms with E-state index in [4.69, 9.17) is 14.0 Å². The number of anilines is 2. The first-order valence-corrected chi connectivity index (χ1v) is 16.6. The normalized spacial score (nSPS) is 11.7. The first-order valence-electron chi connectivity index (χ1n) is 16.6. The maximum absolute atomic E-state index is 13.4. The van der Waals surface area contributed by atoms with E-state index in [-0.39, 0.29) is 24.7 Å². The van der Waals surface area contributed by atoms with Gasteiger partial charge in [0, 0.05) is 22.4 Å². The number of carbonyl (C=O) groups is 2. The standard InChI is InChI=1S/C39H28F3N7O5/c40-39(41,42)28-12-9-24(10-13-28)20-48-32-4-2-1-3-29(32)35(45-48)44-38(52)34-18-31(47-54-34)26-11-14-33-30(17-26)36(43-37(51)27-15-16-53-22-27)46-49(33)19-23-5-7-25(21-50)8-6-23/h1-18,22,50H,19-21H2,(H,43,46,51)(H,44,45,52). The van der Waals surface area contributed by atoms with Gasteiger partial charge in [0.15, 0.2) is 11.6 Å². The zero-order chi connectivity index (χ0) is 37.4. The van der Waals surface area contributed by atoms with Gasteiger partial charge in [-0.1, -0.05) is 59.8 Å². The summed E-state index contributed by atoms with van der Waals surface area (Å²) >= 11 is 0. The highest BCUT2D eigenvalue weighted by molar-refractivity contribution is 6.09. The zero-order valence-electron chi connectivity index (χ0n) is 28.0. The number of aliphatic hydroxyl groups excluding tert-OH is 1. The van der Waals surface area contributed by atoms with Crippen LogP contribution in [0.4, 0.5) is 24.8 Å². The van der Waals surface area contributed by atoms with Crippen LogP contribution in [0.15, 0.2) is 125 Å². The molecule has 54 heavy (non-hydrogen) atoms. The molecule has 4 aromatic carbocycles. The van der Waals surface area contributed by atoms with E-state index in [9.17, 15) is 27.9 Å². The SMILES string of the molecule is O=C(Nc1nn(Cc2ccc(CO)cc2)c2ccc(-c3cc(C(=O)Nc4nn(Cc5ccc(C(F)(F)F)cc5)c5ccccc45)on3)cc12)c1ccoc1. The molecule has 0 aliphatic carbocycles. The number of nitrogens with one attached hydrogen (secondary N) is 2. The summed E-state index contributed by atoms with van der Waals surface area (Å²) in [7, 11) is 0. The Morgan fingerprint density at radius 1 is 0.722 bits per heavy atom. The fraction of sp³-hybridized carbons (Fsp3) is 0.103. The number of aromatic nitrogens is 5. The Kier molecular flexibility index (Phi) is 8.75. The van der Waals surface area contributed by atoms with Crippen molar-refractivity contribution in [2.45, 2.75) is 25.9 Å². The molecule has 0 saturated carbocycles. The first kappa shape index (κ1) is 34.1. The maximum Gasteiger partial charge on any atom is 0.416 e. The van der Waals surface area contributed by atoms with E-state index in [0.717, 1.165) is 23.3 Å². The third-order valence-corrected chi connectivity index (χ3v) is 8.84. The molecule has 0 atom stereocenters. The smallest absolute Gasteiger partial charge is 0.416 e. The van der Waals surface area contributed by atoms with Crippen molar-refractivity contribution in [1.29, 1.82) is 0 Å². The van der Waals surface area contributed by atoms with E-state index >= 15 is 0 Å². The Morgan fingerprint density at radius 3 is 2.02 bits per heavy atom. The van der Waals surface area contributed by atoms with E-state index in [1.165, 1.54) is 36.8 Å². The Bertz CT molecular complexity index is 2620. The summed E-state index contributed by atoms with van der Waals surface area (Å²) in [6.45, 7) is 0.478. The Hall–Kier alpha value is -7.00. The Labute approximate surface area is 303 Å². The molecule has 0 unspecified atom stereocenters. The molecule has 270 valence electrons. The molecule has 0 radical (unpaired) electrons. The fourth-order valence-electron chi connectivity index (χ4n) is 6.05. The summed E-state index contributed by atoms with van der Waals surface area (Å²) in [5, 5.41) is 29.7. The summed E-state index contributed by atoms with van der Waals surface area (Å²) in [6, 6.07) is 27.9. The molecule has 0 aliphatic rings. The number of para-hydroxylation sites is 1. The van der Waals surface area contributed by atoms with Gasteiger partial charge in [-0.05, 0) is 59.2 Å². The minimum atomic E-state index is -4.44. The van der Waals surface area contributed by atoms with Crippen LogP contribution in [-0.2, 0) is 25.9 Å². The van der Waals surface area contributed by atoms with Gasteiger partial charge in [0.1, 0.15) is 12.0 Å². The van der Waals surface area contributed by atoms with Crippen LogP contribution in [0.2, 0.25) is 0 Å². The minimum Gasteiger partial charge on any atom is -0.472 e. The van der Waals surface area contributed by atoms with Gasteiger partial charge >= 0.3 is 6.18 Å². The molecule has 8 rings (SSSR count). The van der Waals surface area contributed by atoms with Crippen LogP contribution in [0.5, 0.6) is 0 Å². The van der Waals surface area contributed by atoms with Gasteiger partial charge in [0.05, 0.1) is 48.1 Å². The van der Waals surface area contributed by atoms with E-state index in [2.05, 4.69) is 20.9 Å². The number of carbonyl (C=O) groups excluding carboxylic acids is 2. The van der Waals surface area contributed by atoms with Crippen molar-refractivity contribution in [3.8, 4) is 11.3 Å². The highest BCUT2D eigenvalue weighted by Gasteiger charge is 2.30. The number of halogens is 3. The van der Waals surface area contributed by atoms with Gasteiger partial charge in [0.2, 0.25) is 5.76 Å². The molecule has 0 bridgehead atoms. The summed E-state index contributed by atoms with van der Waals surface area (Å²) in [5.74, 6) is -0.596. The Balaban J connectivity index is 1.05. The maximum atomic E-state index is 13.4. The number of hydrogen-bond acceptors (Lipinski definition) is 8. The fourth-order valence-corrected chi connectivity index (χ4v) is 6.05. The van der Waals surface area contributed by atoms with Crippen molar-refractivity contribution in [2.24, 2.45) is 0 Å². The summed E-state index contributed by atoms with van der Waals surface area (Å²) in [4.78, 5) is 26.4. The number of fused-ring (bicyclic) bond motifs is 2. The lowest BCUT2D eigenvalue weighted by Gasteiger charge is -2.08. The molecule has 0 saturated heterocycles. The molecule has 4 heterocycles. The third-order valence-electron chi connectivity index (χ3n) is 8.84. The van der Waals surface area contributed by atoms with Crippen LogP contribution in [0.3, 0.4) is 0 Å². The number of rotatable bonds is 10. The number of benzene rings is 4. The number of nitrogens with zero attached hydrogens (tertiary/aromatic N) is 5. The van der Waals surface area contributed by atoms with Gasteiger partial charge in [-0.25, -0.2) is 0 Å². The number of alkyl halides is 3. The van der Waals surface area contributed by atoms with Crippen LogP contribution in [0.25, 0.3) is 33.1 Å². The number of furan rings is 1. The summed E-state index contributed by atoms with van der Waals surface area (Å²) in [5.41, 5.74) is 4.19. The lowest BCUT2D eigenvalue weighted by atomic mass is 10.1. The molecule has 2 amide bonds. The van der Waals surface area contributed by atoms with Gasteiger partial charge in [-0.3, -0.25) is 19.0 Å². The van der Waals surface area contributed by atoms with Crippen molar-refractivity contribution >= 4 is 45.3 Å². The van der Waals surface area contributed by atoms with Crippen molar-refractivity contribution < 1.29 is 36.8 Å². The summed E-state index contributed by atoms with van der Waals surface area (Å²) in [6.07, 6.45) is -1.71. The summed E-state index contributed by atoms with van der Waals surface area (Å²) < 4.78 is 53.1. The monoisotopic (exact) mass is 731 g/mol.